The maximum Gasteiger partial charge on any atom is 0.322 e. The van der Waals surface area contributed by atoms with E-state index in [1.807, 2.05) is 38.1 Å². The summed E-state index contributed by atoms with van der Waals surface area (Å²) < 4.78 is 28.1. The topological polar surface area (TPSA) is 99.3 Å². The molecule has 2 heterocycles. The SMILES string of the molecule is CC.CC(c1c[nH]c2ccccc12)C(NS(=O)(=O)c1ccc(Br)s1)C(=O)O. The van der Waals surface area contributed by atoms with E-state index in [9.17, 15) is 18.3 Å². The maximum atomic E-state index is 12.5. The molecule has 0 aliphatic heterocycles. The van der Waals surface area contributed by atoms with Crippen molar-refractivity contribution in [2.45, 2.75) is 36.9 Å². The molecule has 2 unspecified atom stereocenters. The molecular weight excluding hydrogens is 452 g/mol. The molecule has 0 bridgehead atoms. The summed E-state index contributed by atoms with van der Waals surface area (Å²) in [4.78, 5) is 14.8. The van der Waals surface area contributed by atoms with Crippen LogP contribution in [0.1, 0.15) is 32.3 Å². The highest BCUT2D eigenvalue weighted by Crippen LogP contribution is 2.30. The minimum atomic E-state index is -3.93. The van der Waals surface area contributed by atoms with E-state index in [4.69, 9.17) is 0 Å². The highest BCUT2D eigenvalue weighted by Gasteiger charge is 2.32. The van der Waals surface area contributed by atoms with Crippen LogP contribution >= 0.6 is 27.3 Å². The average molecular weight is 473 g/mol. The molecule has 2 atom stereocenters. The highest BCUT2D eigenvalue weighted by atomic mass is 79.9. The molecule has 3 aromatic rings. The Balaban J connectivity index is 0.00000126. The molecule has 0 radical (unpaired) electrons. The number of sulfonamides is 1. The van der Waals surface area contributed by atoms with E-state index in [-0.39, 0.29) is 4.21 Å². The lowest BCUT2D eigenvalue weighted by Crippen LogP contribution is -2.43. The van der Waals surface area contributed by atoms with Crippen molar-refractivity contribution in [1.29, 1.82) is 0 Å². The van der Waals surface area contributed by atoms with Crippen molar-refractivity contribution in [3.8, 4) is 0 Å². The molecule has 0 amide bonds. The zero-order valence-corrected chi connectivity index (χ0v) is 18.3. The molecule has 1 aromatic carbocycles. The predicted octanol–water partition coefficient (Wildman–Crippen LogP) is 4.55. The van der Waals surface area contributed by atoms with Crippen LogP contribution in [-0.4, -0.2) is 30.5 Å². The average Bonchev–Trinajstić information content (AvgIpc) is 3.27. The van der Waals surface area contributed by atoms with E-state index in [0.29, 0.717) is 3.79 Å². The third-order valence-electron chi connectivity index (χ3n) is 3.97. The summed E-state index contributed by atoms with van der Waals surface area (Å²) in [5, 5.41) is 10.5. The number of carbonyl (C=O) groups is 1. The van der Waals surface area contributed by atoms with Gasteiger partial charge in [-0.3, -0.25) is 4.79 Å². The summed E-state index contributed by atoms with van der Waals surface area (Å²) in [6.45, 7) is 5.70. The van der Waals surface area contributed by atoms with Crippen molar-refractivity contribution in [2.75, 3.05) is 0 Å². The van der Waals surface area contributed by atoms with E-state index in [2.05, 4.69) is 25.6 Å². The molecule has 9 heteroatoms. The van der Waals surface area contributed by atoms with Crippen LogP contribution in [0.5, 0.6) is 0 Å². The van der Waals surface area contributed by atoms with Gasteiger partial charge < -0.3 is 10.1 Å². The van der Waals surface area contributed by atoms with Gasteiger partial charge in [-0.1, -0.05) is 39.0 Å². The van der Waals surface area contributed by atoms with Crippen molar-refractivity contribution in [3.63, 3.8) is 0 Å². The molecule has 0 fully saturated rings. The summed E-state index contributed by atoms with van der Waals surface area (Å²) in [6, 6.07) is 9.25. The van der Waals surface area contributed by atoms with Gasteiger partial charge in [-0.05, 0) is 39.7 Å². The largest absolute Gasteiger partial charge is 0.480 e. The first kappa shape index (κ1) is 21.6. The third kappa shape index (κ3) is 4.78. The minimum Gasteiger partial charge on any atom is -0.480 e. The van der Waals surface area contributed by atoms with Crippen molar-refractivity contribution in [2.24, 2.45) is 0 Å². The Bertz CT molecular complexity index is 1030. The number of hydrogen-bond acceptors (Lipinski definition) is 4. The van der Waals surface area contributed by atoms with Gasteiger partial charge in [0.15, 0.2) is 0 Å². The number of fused-ring (bicyclic) bond motifs is 1. The number of aliphatic carboxylic acids is 1. The molecule has 6 nitrogen and oxygen atoms in total. The van der Waals surface area contributed by atoms with E-state index in [1.165, 1.54) is 6.07 Å². The fraction of sp³-hybridized carbons (Fsp3) is 0.278. The van der Waals surface area contributed by atoms with Crippen LogP contribution in [0.2, 0.25) is 0 Å². The van der Waals surface area contributed by atoms with Gasteiger partial charge >= 0.3 is 5.97 Å². The van der Waals surface area contributed by atoms with E-state index >= 15 is 0 Å². The Labute approximate surface area is 170 Å². The monoisotopic (exact) mass is 472 g/mol. The number of thiophene rings is 1. The normalized spacial score (nSPS) is 13.6. The second-order valence-corrected chi connectivity index (χ2v) is 9.98. The fourth-order valence-electron chi connectivity index (χ4n) is 2.68. The van der Waals surface area contributed by atoms with Gasteiger partial charge in [0.25, 0.3) is 10.0 Å². The molecule has 0 spiro atoms. The lowest BCUT2D eigenvalue weighted by atomic mass is 9.93. The zero-order chi connectivity index (χ0) is 20.2. The molecular formula is C18H21BrN2O4S2. The number of carboxylic acids is 1. The second kappa shape index (κ2) is 9.01. The number of aromatic amines is 1. The molecule has 0 aliphatic rings. The van der Waals surface area contributed by atoms with Crippen molar-refractivity contribution >= 4 is 54.2 Å². The molecule has 0 saturated carbocycles. The summed E-state index contributed by atoms with van der Waals surface area (Å²) in [6.07, 6.45) is 1.72. The van der Waals surface area contributed by atoms with Gasteiger partial charge in [-0.2, -0.15) is 4.72 Å². The number of carboxylic acid groups (broad SMARTS) is 1. The number of rotatable bonds is 6. The molecule has 146 valence electrons. The molecule has 3 N–H and O–H groups in total. The quantitative estimate of drug-likeness (QED) is 0.489. The summed E-state index contributed by atoms with van der Waals surface area (Å²) in [7, 11) is -3.93. The Morgan fingerprint density at radius 3 is 2.48 bits per heavy atom. The number of aromatic nitrogens is 1. The van der Waals surface area contributed by atoms with Gasteiger partial charge in [0.2, 0.25) is 0 Å². The predicted molar refractivity (Wildman–Crippen MR) is 112 cm³/mol. The van der Waals surface area contributed by atoms with Gasteiger partial charge in [0.05, 0.1) is 3.79 Å². The Hall–Kier alpha value is -1.68. The van der Waals surface area contributed by atoms with Crippen LogP contribution in [0.25, 0.3) is 10.9 Å². The Morgan fingerprint density at radius 2 is 1.89 bits per heavy atom. The van der Waals surface area contributed by atoms with E-state index < -0.39 is 28.0 Å². The number of halogens is 1. The number of para-hydroxylation sites is 1. The zero-order valence-electron chi connectivity index (χ0n) is 15.1. The van der Waals surface area contributed by atoms with E-state index in [0.717, 1.165) is 27.8 Å². The molecule has 0 saturated heterocycles. The smallest absolute Gasteiger partial charge is 0.322 e. The Morgan fingerprint density at radius 1 is 1.22 bits per heavy atom. The first-order valence-corrected chi connectivity index (χ1v) is 11.5. The number of benzene rings is 1. The summed E-state index contributed by atoms with van der Waals surface area (Å²) >= 11 is 4.24. The summed E-state index contributed by atoms with van der Waals surface area (Å²) in [5.41, 5.74) is 1.62. The fourth-order valence-corrected chi connectivity index (χ4v) is 5.98. The van der Waals surface area contributed by atoms with Gasteiger partial charge in [-0.25, -0.2) is 8.42 Å². The highest BCUT2D eigenvalue weighted by molar-refractivity contribution is 9.11. The summed E-state index contributed by atoms with van der Waals surface area (Å²) in [5.74, 6) is -1.79. The van der Waals surface area contributed by atoms with Gasteiger partial charge in [0.1, 0.15) is 10.3 Å². The first-order chi connectivity index (χ1) is 12.8. The van der Waals surface area contributed by atoms with Crippen LogP contribution in [-0.2, 0) is 14.8 Å². The number of nitrogens with one attached hydrogen (secondary N) is 2. The minimum absolute atomic E-state index is 0.0664. The molecule has 0 aliphatic carbocycles. The molecule has 3 rings (SSSR count). The number of hydrogen-bond donors (Lipinski definition) is 3. The molecule has 2 aromatic heterocycles. The third-order valence-corrected chi connectivity index (χ3v) is 7.53. The van der Waals surface area contributed by atoms with Crippen LogP contribution in [0, 0.1) is 0 Å². The van der Waals surface area contributed by atoms with Crippen LogP contribution in [0.3, 0.4) is 0 Å². The van der Waals surface area contributed by atoms with Crippen LogP contribution in [0.15, 0.2) is 50.6 Å². The van der Waals surface area contributed by atoms with Crippen LogP contribution < -0.4 is 4.72 Å². The number of H-pyrrole nitrogens is 1. The first-order valence-electron chi connectivity index (χ1n) is 8.36. The second-order valence-electron chi connectivity index (χ2n) is 5.57. The maximum absolute atomic E-state index is 12.5. The molecule has 27 heavy (non-hydrogen) atoms. The standard InChI is InChI=1S/C16H15BrN2O4S2.C2H6/c1-9(11-8-18-12-5-3-2-4-10(11)12)15(16(20)21)19-25(22,23)14-7-6-13(17)24-14;1-2/h2-9,15,18-19H,1H3,(H,20,21);1-2H3. The van der Waals surface area contributed by atoms with Gasteiger partial charge in [0, 0.05) is 23.0 Å². The van der Waals surface area contributed by atoms with E-state index in [1.54, 1.807) is 19.2 Å². The van der Waals surface area contributed by atoms with Crippen molar-refractivity contribution in [1.82, 2.24) is 9.71 Å². The van der Waals surface area contributed by atoms with Gasteiger partial charge in [-0.15, -0.1) is 11.3 Å². The Kier molecular flexibility index (Phi) is 7.21. The van der Waals surface area contributed by atoms with Crippen molar-refractivity contribution < 1.29 is 18.3 Å². The lowest BCUT2D eigenvalue weighted by molar-refractivity contribution is -0.139. The van der Waals surface area contributed by atoms with Crippen LogP contribution in [0.4, 0.5) is 0 Å². The van der Waals surface area contributed by atoms with Crippen molar-refractivity contribution in [3.05, 3.63) is 51.9 Å². The lowest BCUT2D eigenvalue weighted by Gasteiger charge is -2.21.